The Morgan fingerprint density at radius 2 is 2.04 bits per heavy atom. The number of halogens is 2. The molecule has 1 aliphatic heterocycles. The number of carbonyl (C=O) groups excluding carboxylic acids is 2. The van der Waals surface area contributed by atoms with Crippen LogP contribution in [0.1, 0.15) is 12.0 Å². The third-order valence-corrected chi connectivity index (χ3v) is 4.01. The van der Waals surface area contributed by atoms with Crippen LogP contribution in [0.4, 0.5) is 9.18 Å². The van der Waals surface area contributed by atoms with E-state index in [1.54, 1.807) is 0 Å². The van der Waals surface area contributed by atoms with Crippen molar-refractivity contribution < 1.29 is 29.0 Å². The Morgan fingerprint density at radius 1 is 1.32 bits per heavy atom. The molecule has 1 aromatic rings. The van der Waals surface area contributed by atoms with Crippen LogP contribution in [0.5, 0.6) is 0 Å². The molecule has 0 spiro atoms. The molecular formula is C15H17ClFN3O5. The summed E-state index contributed by atoms with van der Waals surface area (Å²) >= 11 is 5.72. The number of nitrogens with zero attached hydrogens (tertiary/aromatic N) is 1. The number of benzene rings is 1. The monoisotopic (exact) mass is 373 g/mol. The third kappa shape index (κ3) is 4.58. The molecule has 10 heteroatoms. The van der Waals surface area contributed by atoms with E-state index in [9.17, 15) is 23.9 Å². The number of hydrogen-bond donors (Lipinski definition) is 4. The van der Waals surface area contributed by atoms with Crippen molar-refractivity contribution in [3.05, 3.63) is 34.6 Å². The molecule has 0 unspecified atom stereocenters. The van der Waals surface area contributed by atoms with Crippen LogP contribution in [0, 0.1) is 5.82 Å². The molecule has 3 amide bonds. The lowest BCUT2D eigenvalue weighted by atomic mass is 10.0. The highest BCUT2D eigenvalue weighted by Gasteiger charge is 2.50. The second-order valence-corrected chi connectivity index (χ2v) is 6.03. The zero-order valence-electron chi connectivity index (χ0n) is 13.1. The van der Waals surface area contributed by atoms with Crippen molar-refractivity contribution in [2.24, 2.45) is 0 Å². The average molecular weight is 374 g/mol. The Bertz CT molecular complexity index is 681. The second-order valence-electron chi connectivity index (χ2n) is 5.59. The zero-order valence-corrected chi connectivity index (χ0v) is 13.8. The molecule has 2 rings (SSSR count). The Morgan fingerprint density at radius 3 is 2.68 bits per heavy atom. The number of carboxylic acid groups (broad SMARTS) is 1. The van der Waals surface area contributed by atoms with E-state index >= 15 is 0 Å². The largest absolute Gasteiger partial charge is 0.465 e. The molecule has 1 fully saturated rings. The number of likely N-dealkylation sites (tertiary alicyclic amines) is 1. The molecule has 25 heavy (non-hydrogen) atoms. The van der Waals surface area contributed by atoms with Gasteiger partial charge in [-0.2, -0.15) is 0 Å². The minimum atomic E-state index is -2.22. The lowest BCUT2D eigenvalue weighted by molar-refractivity contribution is -0.154. The molecule has 8 nitrogen and oxygen atoms in total. The van der Waals surface area contributed by atoms with Gasteiger partial charge in [-0.25, -0.2) is 9.18 Å². The Kier molecular flexibility index (Phi) is 5.81. The smallest absolute Gasteiger partial charge is 0.404 e. The van der Waals surface area contributed by atoms with Gasteiger partial charge in [-0.3, -0.25) is 9.59 Å². The summed E-state index contributed by atoms with van der Waals surface area (Å²) in [6, 6.07) is 3.75. The van der Waals surface area contributed by atoms with E-state index in [-0.39, 0.29) is 37.6 Å². The lowest BCUT2D eigenvalue weighted by Gasteiger charge is -2.21. The fourth-order valence-corrected chi connectivity index (χ4v) is 2.77. The summed E-state index contributed by atoms with van der Waals surface area (Å²) in [4.78, 5) is 36.0. The van der Waals surface area contributed by atoms with E-state index < -0.39 is 29.3 Å². The normalized spacial score (nSPS) is 19.8. The van der Waals surface area contributed by atoms with Crippen LogP contribution in [-0.2, 0) is 16.1 Å². The maximum Gasteiger partial charge on any atom is 0.404 e. The Labute approximate surface area is 147 Å². The minimum Gasteiger partial charge on any atom is -0.465 e. The summed E-state index contributed by atoms with van der Waals surface area (Å²) in [6.45, 7) is 0.0448. The van der Waals surface area contributed by atoms with E-state index in [4.69, 9.17) is 16.7 Å². The number of amides is 3. The number of nitrogens with one attached hydrogen (secondary N) is 2. The van der Waals surface area contributed by atoms with Crippen molar-refractivity contribution in [3.63, 3.8) is 0 Å². The maximum absolute atomic E-state index is 13.3. The highest BCUT2D eigenvalue weighted by molar-refractivity contribution is 6.30. The summed E-state index contributed by atoms with van der Waals surface area (Å²) in [5.74, 6) is -2.26. The molecule has 1 saturated heterocycles. The van der Waals surface area contributed by atoms with Crippen molar-refractivity contribution in [2.75, 3.05) is 19.6 Å². The Balaban J connectivity index is 1.94. The predicted octanol–water partition coefficient (Wildman–Crippen LogP) is 0.326. The second kappa shape index (κ2) is 7.66. The van der Waals surface area contributed by atoms with Gasteiger partial charge in [-0.1, -0.05) is 11.6 Å². The molecule has 0 radical (unpaired) electrons. The summed E-state index contributed by atoms with van der Waals surface area (Å²) in [5.41, 5.74) is -1.84. The molecule has 1 heterocycles. The van der Waals surface area contributed by atoms with Gasteiger partial charge in [0.2, 0.25) is 5.60 Å². The number of hydrogen-bond acceptors (Lipinski definition) is 4. The lowest BCUT2D eigenvalue weighted by Crippen LogP contribution is -2.52. The molecule has 1 aromatic carbocycles. The van der Waals surface area contributed by atoms with Gasteiger partial charge in [0.05, 0.1) is 0 Å². The summed E-state index contributed by atoms with van der Waals surface area (Å²) in [6.07, 6.45) is -1.34. The van der Waals surface area contributed by atoms with Crippen molar-refractivity contribution in [3.8, 4) is 0 Å². The van der Waals surface area contributed by atoms with Crippen molar-refractivity contribution in [1.29, 1.82) is 0 Å². The van der Waals surface area contributed by atoms with E-state index in [1.807, 2.05) is 0 Å². The van der Waals surface area contributed by atoms with Gasteiger partial charge >= 0.3 is 6.09 Å². The van der Waals surface area contributed by atoms with Crippen LogP contribution >= 0.6 is 11.6 Å². The average Bonchev–Trinajstić information content (AvgIpc) is 2.81. The standard InChI is InChI=1S/C15H17ClFN3O5/c16-10-5-9(6-11(17)7-10)8-19-12(21)15(25)1-3-20(13(15)22)4-2-18-14(23)24/h5-7,18,25H,1-4,8H2,(H,19,21)(H,23,24)/t15-/m1/s1. The summed E-state index contributed by atoms with van der Waals surface area (Å²) < 4.78 is 13.3. The summed E-state index contributed by atoms with van der Waals surface area (Å²) in [7, 11) is 0. The molecule has 1 atom stereocenters. The molecule has 1 aliphatic rings. The van der Waals surface area contributed by atoms with Crippen LogP contribution in [0.2, 0.25) is 5.02 Å². The molecule has 0 aromatic heterocycles. The number of aliphatic hydroxyl groups is 1. The topological polar surface area (TPSA) is 119 Å². The zero-order chi connectivity index (χ0) is 18.6. The van der Waals surface area contributed by atoms with E-state index in [0.29, 0.717) is 5.56 Å². The van der Waals surface area contributed by atoms with E-state index in [1.165, 1.54) is 17.0 Å². The molecule has 4 N–H and O–H groups in total. The minimum absolute atomic E-state index is 0.0133. The predicted molar refractivity (Wildman–Crippen MR) is 85.4 cm³/mol. The first-order valence-electron chi connectivity index (χ1n) is 7.44. The highest BCUT2D eigenvalue weighted by atomic mass is 35.5. The van der Waals surface area contributed by atoms with Gasteiger partial charge in [0, 0.05) is 37.6 Å². The van der Waals surface area contributed by atoms with Gasteiger partial charge in [0.25, 0.3) is 11.8 Å². The van der Waals surface area contributed by atoms with E-state index in [2.05, 4.69) is 10.6 Å². The number of rotatable bonds is 6. The maximum atomic E-state index is 13.3. The first kappa shape index (κ1) is 18.9. The molecule has 0 aliphatic carbocycles. The first-order valence-corrected chi connectivity index (χ1v) is 7.82. The van der Waals surface area contributed by atoms with Gasteiger partial charge in [-0.05, 0) is 23.8 Å². The van der Waals surface area contributed by atoms with Crippen LogP contribution in [0.3, 0.4) is 0 Å². The van der Waals surface area contributed by atoms with Crippen LogP contribution in [0.15, 0.2) is 18.2 Å². The van der Waals surface area contributed by atoms with Gasteiger partial charge in [0.1, 0.15) is 5.82 Å². The van der Waals surface area contributed by atoms with Crippen LogP contribution < -0.4 is 10.6 Å². The van der Waals surface area contributed by atoms with Crippen molar-refractivity contribution in [2.45, 2.75) is 18.6 Å². The Hall–Kier alpha value is -2.39. The number of carbonyl (C=O) groups is 3. The fourth-order valence-electron chi connectivity index (χ4n) is 2.53. The van der Waals surface area contributed by atoms with Gasteiger partial charge < -0.3 is 25.7 Å². The fraction of sp³-hybridized carbons (Fsp3) is 0.400. The molecular weight excluding hydrogens is 357 g/mol. The molecule has 0 bridgehead atoms. The van der Waals surface area contributed by atoms with Gasteiger partial charge in [-0.15, -0.1) is 0 Å². The van der Waals surface area contributed by atoms with Crippen molar-refractivity contribution in [1.82, 2.24) is 15.5 Å². The van der Waals surface area contributed by atoms with Crippen molar-refractivity contribution >= 4 is 29.5 Å². The van der Waals surface area contributed by atoms with Crippen LogP contribution in [-0.4, -0.2) is 58.3 Å². The molecule has 136 valence electrons. The van der Waals surface area contributed by atoms with E-state index in [0.717, 1.165) is 6.07 Å². The first-order chi connectivity index (χ1) is 11.7. The quantitative estimate of drug-likeness (QED) is 0.536. The van der Waals surface area contributed by atoms with Crippen LogP contribution in [0.25, 0.3) is 0 Å². The SMILES string of the molecule is O=C(O)NCCN1CC[C@@](O)(C(=O)NCc2cc(F)cc(Cl)c2)C1=O. The third-order valence-electron chi connectivity index (χ3n) is 3.79. The molecule has 0 saturated carbocycles. The van der Waals surface area contributed by atoms with Gasteiger partial charge in [0.15, 0.2) is 0 Å². The summed E-state index contributed by atoms with van der Waals surface area (Å²) in [5, 5.41) is 23.5. The highest BCUT2D eigenvalue weighted by Crippen LogP contribution is 2.23.